The minimum absolute atomic E-state index is 0.0610. The molecule has 1 N–H and O–H groups in total. The molecular weight excluding hydrogens is 272 g/mol. The van der Waals surface area contributed by atoms with E-state index in [0.717, 1.165) is 18.5 Å². The number of aromatic amines is 1. The van der Waals surface area contributed by atoms with Crippen molar-refractivity contribution in [3.8, 4) is 0 Å². The van der Waals surface area contributed by atoms with Crippen molar-refractivity contribution in [2.75, 3.05) is 26.7 Å². The van der Waals surface area contributed by atoms with Crippen LogP contribution in [0.15, 0.2) is 6.07 Å². The summed E-state index contributed by atoms with van der Waals surface area (Å²) in [6.45, 7) is 3.74. The molecule has 114 valence electrons. The molecule has 3 heterocycles. The number of nitrogens with one attached hydrogen (secondary N) is 1. The normalized spacial score (nSPS) is 26.1. The lowest BCUT2D eigenvalue weighted by Gasteiger charge is -2.25. The molecule has 1 atom stereocenters. The molecule has 7 nitrogen and oxygen atoms in total. The fraction of sp³-hybridized carbons (Fsp3) is 0.643. The first-order valence-electron chi connectivity index (χ1n) is 7.24. The monoisotopic (exact) mass is 292 g/mol. The number of aromatic nitrogens is 2. The van der Waals surface area contributed by atoms with Crippen molar-refractivity contribution in [3.05, 3.63) is 17.5 Å². The van der Waals surface area contributed by atoms with Gasteiger partial charge in [-0.05, 0) is 25.8 Å². The Bertz CT molecular complexity index is 570. The molecule has 1 aromatic heterocycles. The van der Waals surface area contributed by atoms with Gasteiger partial charge < -0.3 is 14.5 Å². The highest BCUT2D eigenvalue weighted by Crippen LogP contribution is 2.32. The van der Waals surface area contributed by atoms with Crippen LogP contribution < -0.4 is 0 Å². The standard InChI is InChI=1S/C14H20N4O3/c1-10-8-11(16-15-10)12(19)18-6-3-4-14(5-7-18)9-17(2)13(20)21-14/h8H,3-7,9H2,1-2H3,(H,15,16). The topological polar surface area (TPSA) is 78.5 Å². The Morgan fingerprint density at radius 3 is 2.86 bits per heavy atom. The molecule has 1 spiro atoms. The summed E-state index contributed by atoms with van der Waals surface area (Å²) >= 11 is 0. The first kappa shape index (κ1) is 13.9. The van der Waals surface area contributed by atoms with E-state index < -0.39 is 5.60 Å². The van der Waals surface area contributed by atoms with Crippen molar-refractivity contribution < 1.29 is 14.3 Å². The average molecular weight is 292 g/mol. The number of rotatable bonds is 1. The summed E-state index contributed by atoms with van der Waals surface area (Å²) in [5, 5.41) is 6.82. The van der Waals surface area contributed by atoms with E-state index in [2.05, 4.69) is 10.2 Å². The molecule has 0 aromatic carbocycles. The molecule has 2 aliphatic rings. The van der Waals surface area contributed by atoms with E-state index in [0.29, 0.717) is 31.7 Å². The minimum atomic E-state index is -0.428. The summed E-state index contributed by atoms with van der Waals surface area (Å²) in [6, 6.07) is 1.76. The van der Waals surface area contributed by atoms with Crippen molar-refractivity contribution in [2.24, 2.45) is 0 Å². The van der Waals surface area contributed by atoms with Gasteiger partial charge in [-0.2, -0.15) is 5.10 Å². The van der Waals surface area contributed by atoms with Crippen LogP contribution in [0.5, 0.6) is 0 Å². The second-order valence-corrected chi connectivity index (χ2v) is 5.99. The molecule has 7 heteroatoms. The SMILES string of the molecule is Cc1cc(C(=O)N2CCCC3(CC2)CN(C)C(=O)O3)n[nH]1. The lowest BCUT2D eigenvalue weighted by Crippen LogP contribution is -2.37. The van der Waals surface area contributed by atoms with Gasteiger partial charge >= 0.3 is 6.09 Å². The van der Waals surface area contributed by atoms with Crippen LogP contribution in [0.3, 0.4) is 0 Å². The third kappa shape index (κ3) is 2.59. The maximum absolute atomic E-state index is 12.4. The summed E-state index contributed by atoms with van der Waals surface area (Å²) in [5.41, 5.74) is 0.891. The molecule has 2 aliphatic heterocycles. The number of aryl methyl sites for hydroxylation is 1. The Morgan fingerprint density at radius 1 is 1.43 bits per heavy atom. The highest BCUT2D eigenvalue weighted by Gasteiger charge is 2.44. The number of amides is 2. The maximum atomic E-state index is 12.4. The molecule has 1 unspecified atom stereocenters. The van der Waals surface area contributed by atoms with Crippen molar-refractivity contribution in [3.63, 3.8) is 0 Å². The van der Waals surface area contributed by atoms with E-state index in [4.69, 9.17) is 4.74 Å². The van der Waals surface area contributed by atoms with Gasteiger partial charge in [0.15, 0.2) is 0 Å². The molecule has 2 amide bonds. The van der Waals surface area contributed by atoms with Gasteiger partial charge in [-0.1, -0.05) is 0 Å². The van der Waals surface area contributed by atoms with E-state index in [9.17, 15) is 9.59 Å². The minimum Gasteiger partial charge on any atom is -0.441 e. The molecule has 0 saturated carbocycles. The Labute approximate surface area is 123 Å². The second-order valence-electron chi connectivity index (χ2n) is 5.99. The summed E-state index contributed by atoms with van der Waals surface area (Å²) < 4.78 is 5.55. The lowest BCUT2D eigenvalue weighted by molar-refractivity contribution is 0.0438. The maximum Gasteiger partial charge on any atom is 0.410 e. The highest BCUT2D eigenvalue weighted by molar-refractivity contribution is 5.92. The molecular formula is C14H20N4O3. The van der Waals surface area contributed by atoms with Crippen molar-refractivity contribution in [1.82, 2.24) is 20.0 Å². The molecule has 21 heavy (non-hydrogen) atoms. The largest absolute Gasteiger partial charge is 0.441 e. The zero-order valence-electron chi connectivity index (χ0n) is 12.4. The number of likely N-dealkylation sites (N-methyl/N-ethyl adjacent to an activating group) is 1. The van der Waals surface area contributed by atoms with Crippen LogP contribution in [0.1, 0.15) is 35.4 Å². The van der Waals surface area contributed by atoms with Crippen molar-refractivity contribution in [2.45, 2.75) is 31.8 Å². The van der Waals surface area contributed by atoms with Crippen molar-refractivity contribution in [1.29, 1.82) is 0 Å². The van der Waals surface area contributed by atoms with Crippen LogP contribution in [-0.4, -0.2) is 64.3 Å². The van der Waals surface area contributed by atoms with E-state index >= 15 is 0 Å². The third-order valence-corrected chi connectivity index (χ3v) is 4.25. The van der Waals surface area contributed by atoms with Crippen LogP contribution in [0.25, 0.3) is 0 Å². The summed E-state index contributed by atoms with van der Waals surface area (Å²) in [6.07, 6.45) is 2.04. The zero-order chi connectivity index (χ0) is 15.0. The number of hydrogen-bond donors (Lipinski definition) is 1. The highest BCUT2D eigenvalue weighted by atomic mass is 16.6. The molecule has 2 fully saturated rings. The number of carbonyl (C=O) groups excluding carboxylic acids is 2. The van der Waals surface area contributed by atoms with Gasteiger partial charge in [-0.15, -0.1) is 0 Å². The lowest BCUT2D eigenvalue weighted by atomic mass is 9.95. The van der Waals surface area contributed by atoms with E-state index in [1.54, 1.807) is 22.9 Å². The molecule has 3 rings (SSSR count). The molecule has 0 aliphatic carbocycles. The van der Waals surface area contributed by atoms with Gasteiger partial charge in [0, 0.05) is 32.3 Å². The van der Waals surface area contributed by atoms with E-state index in [1.165, 1.54) is 0 Å². The summed E-state index contributed by atoms with van der Waals surface area (Å²) in [7, 11) is 1.75. The third-order valence-electron chi connectivity index (χ3n) is 4.25. The summed E-state index contributed by atoms with van der Waals surface area (Å²) in [5.74, 6) is -0.0610. The zero-order valence-corrected chi connectivity index (χ0v) is 12.4. The summed E-state index contributed by atoms with van der Waals surface area (Å²) in [4.78, 5) is 27.4. The number of H-pyrrole nitrogens is 1. The predicted molar refractivity (Wildman–Crippen MR) is 74.9 cm³/mol. The van der Waals surface area contributed by atoms with Crippen LogP contribution in [0.4, 0.5) is 4.79 Å². The number of hydrogen-bond acceptors (Lipinski definition) is 4. The Hall–Kier alpha value is -2.05. The molecule has 0 radical (unpaired) electrons. The van der Waals surface area contributed by atoms with E-state index in [1.807, 2.05) is 6.92 Å². The fourth-order valence-electron chi connectivity index (χ4n) is 3.11. The van der Waals surface area contributed by atoms with E-state index in [-0.39, 0.29) is 12.0 Å². The number of ether oxygens (including phenoxy) is 1. The van der Waals surface area contributed by atoms with Gasteiger partial charge in [0.25, 0.3) is 5.91 Å². The molecule has 2 saturated heterocycles. The first-order valence-corrected chi connectivity index (χ1v) is 7.24. The first-order chi connectivity index (χ1) is 9.99. The van der Waals surface area contributed by atoms with Crippen LogP contribution >= 0.6 is 0 Å². The van der Waals surface area contributed by atoms with Crippen LogP contribution in [-0.2, 0) is 4.74 Å². The molecule has 0 bridgehead atoms. The predicted octanol–water partition coefficient (Wildman–Crippen LogP) is 1.17. The Balaban J connectivity index is 1.69. The fourth-order valence-corrected chi connectivity index (χ4v) is 3.11. The van der Waals surface area contributed by atoms with Gasteiger partial charge in [-0.25, -0.2) is 4.79 Å². The van der Waals surface area contributed by atoms with Gasteiger partial charge in [0.1, 0.15) is 11.3 Å². The number of carbonyl (C=O) groups is 2. The Kier molecular flexibility index (Phi) is 3.35. The Morgan fingerprint density at radius 2 is 2.24 bits per heavy atom. The van der Waals surface area contributed by atoms with Crippen molar-refractivity contribution >= 4 is 12.0 Å². The van der Waals surface area contributed by atoms with Gasteiger partial charge in [0.2, 0.25) is 0 Å². The number of nitrogens with zero attached hydrogens (tertiary/aromatic N) is 3. The number of likely N-dealkylation sites (tertiary alicyclic amines) is 1. The van der Waals surface area contributed by atoms with Crippen LogP contribution in [0, 0.1) is 6.92 Å². The quantitative estimate of drug-likeness (QED) is 0.842. The van der Waals surface area contributed by atoms with Gasteiger partial charge in [-0.3, -0.25) is 9.89 Å². The van der Waals surface area contributed by atoms with Crippen LogP contribution in [0.2, 0.25) is 0 Å². The molecule has 1 aromatic rings. The average Bonchev–Trinajstić information content (AvgIpc) is 2.91. The smallest absolute Gasteiger partial charge is 0.410 e. The second kappa shape index (κ2) is 5.05. The van der Waals surface area contributed by atoms with Gasteiger partial charge in [0.05, 0.1) is 6.54 Å².